The van der Waals surface area contributed by atoms with Crippen LogP contribution < -0.4 is 16.4 Å². The summed E-state index contributed by atoms with van der Waals surface area (Å²) < 4.78 is 0. The Morgan fingerprint density at radius 3 is 2.45 bits per heavy atom. The number of amides is 2. The third kappa shape index (κ3) is 4.44. The van der Waals surface area contributed by atoms with Gasteiger partial charge in [0.15, 0.2) is 0 Å². The second kappa shape index (κ2) is 7.17. The zero-order valence-electron chi connectivity index (χ0n) is 12.2. The number of carbonyl (C=O) groups is 1. The van der Waals surface area contributed by atoms with Gasteiger partial charge in [0.2, 0.25) is 0 Å². The first kappa shape index (κ1) is 14.7. The molecule has 0 bridgehead atoms. The lowest BCUT2D eigenvalue weighted by molar-refractivity contribution is 0.236. The zero-order valence-corrected chi connectivity index (χ0v) is 12.2. The number of anilines is 2. The van der Waals surface area contributed by atoms with Gasteiger partial charge in [0.25, 0.3) is 0 Å². The minimum absolute atomic E-state index is 0.117. The van der Waals surface area contributed by atoms with Crippen LogP contribution in [0.2, 0.25) is 0 Å². The molecule has 1 fully saturated rings. The molecule has 1 aliphatic rings. The van der Waals surface area contributed by atoms with Gasteiger partial charge in [-0.25, -0.2) is 4.79 Å². The maximum Gasteiger partial charge on any atom is 0.319 e. The average Bonchev–Trinajstić information content (AvgIpc) is 2.44. The summed E-state index contributed by atoms with van der Waals surface area (Å²) in [4.78, 5) is 11.9. The Morgan fingerprint density at radius 1 is 1.20 bits per heavy atom. The van der Waals surface area contributed by atoms with Crippen molar-refractivity contribution in [1.29, 1.82) is 0 Å². The van der Waals surface area contributed by atoms with Crippen LogP contribution in [0.25, 0.3) is 0 Å². The Bertz CT molecular complexity index is 422. The standard InChI is InChI=1S/C16H25N3O/c1-2-3-12-4-8-14(9-5-12)18-16(20)19-15-10-6-13(17)7-11-15/h6-7,10-12,14H,2-5,8-9,17H2,1H3,(H2,18,19,20). The van der Waals surface area contributed by atoms with E-state index < -0.39 is 0 Å². The zero-order chi connectivity index (χ0) is 14.4. The number of urea groups is 1. The predicted molar refractivity (Wildman–Crippen MR) is 83.7 cm³/mol. The molecular formula is C16H25N3O. The van der Waals surface area contributed by atoms with E-state index in [0.29, 0.717) is 11.7 Å². The van der Waals surface area contributed by atoms with E-state index in [9.17, 15) is 4.79 Å². The van der Waals surface area contributed by atoms with Crippen molar-refractivity contribution in [1.82, 2.24) is 5.32 Å². The Labute approximate surface area is 121 Å². The first-order valence-electron chi connectivity index (χ1n) is 7.60. The number of nitrogens with two attached hydrogens (primary N) is 1. The normalized spacial score (nSPS) is 22.2. The van der Waals surface area contributed by atoms with E-state index >= 15 is 0 Å². The molecule has 1 saturated carbocycles. The minimum atomic E-state index is -0.117. The summed E-state index contributed by atoms with van der Waals surface area (Å²) in [6.45, 7) is 2.24. The van der Waals surface area contributed by atoms with E-state index in [0.717, 1.165) is 24.4 Å². The number of nitrogen functional groups attached to an aromatic ring is 1. The molecule has 20 heavy (non-hydrogen) atoms. The molecule has 1 aromatic carbocycles. The fourth-order valence-corrected chi connectivity index (χ4v) is 2.92. The fraction of sp³-hybridized carbons (Fsp3) is 0.562. The lowest BCUT2D eigenvalue weighted by Crippen LogP contribution is -2.40. The molecule has 0 unspecified atom stereocenters. The van der Waals surface area contributed by atoms with Crippen molar-refractivity contribution in [2.24, 2.45) is 5.92 Å². The molecule has 2 rings (SSSR count). The van der Waals surface area contributed by atoms with Crippen molar-refractivity contribution in [2.45, 2.75) is 51.5 Å². The molecule has 110 valence electrons. The monoisotopic (exact) mass is 275 g/mol. The Balaban J connectivity index is 1.74. The highest BCUT2D eigenvalue weighted by Crippen LogP contribution is 2.27. The highest BCUT2D eigenvalue weighted by Gasteiger charge is 2.21. The molecule has 0 aromatic heterocycles. The molecule has 0 atom stereocenters. The van der Waals surface area contributed by atoms with Gasteiger partial charge < -0.3 is 16.4 Å². The van der Waals surface area contributed by atoms with Crippen LogP contribution in [-0.2, 0) is 0 Å². The van der Waals surface area contributed by atoms with Gasteiger partial charge in [0, 0.05) is 17.4 Å². The summed E-state index contributed by atoms with van der Waals surface area (Å²) in [5.41, 5.74) is 7.09. The van der Waals surface area contributed by atoms with Crippen molar-refractivity contribution in [3.63, 3.8) is 0 Å². The molecule has 1 aliphatic carbocycles. The van der Waals surface area contributed by atoms with Crippen molar-refractivity contribution >= 4 is 17.4 Å². The quantitative estimate of drug-likeness (QED) is 0.733. The molecule has 4 N–H and O–H groups in total. The SMILES string of the molecule is CCCC1CCC(NC(=O)Nc2ccc(N)cc2)CC1. The van der Waals surface area contributed by atoms with Gasteiger partial charge in [-0.15, -0.1) is 0 Å². The number of carbonyl (C=O) groups excluding carboxylic acids is 1. The maximum absolute atomic E-state index is 11.9. The molecule has 0 radical (unpaired) electrons. The van der Waals surface area contributed by atoms with Crippen LogP contribution in [-0.4, -0.2) is 12.1 Å². The summed E-state index contributed by atoms with van der Waals surface area (Å²) in [7, 11) is 0. The maximum atomic E-state index is 11.9. The molecule has 0 heterocycles. The van der Waals surface area contributed by atoms with E-state index in [4.69, 9.17) is 5.73 Å². The van der Waals surface area contributed by atoms with Crippen LogP contribution >= 0.6 is 0 Å². The number of hydrogen-bond acceptors (Lipinski definition) is 2. The first-order chi connectivity index (χ1) is 9.67. The third-order valence-corrected chi connectivity index (χ3v) is 4.05. The van der Waals surface area contributed by atoms with Gasteiger partial charge in [-0.3, -0.25) is 0 Å². The van der Waals surface area contributed by atoms with Crippen molar-refractivity contribution < 1.29 is 4.79 Å². The van der Waals surface area contributed by atoms with Gasteiger partial charge in [-0.2, -0.15) is 0 Å². The smallest absolute Gasteiger partial charge is 0.319 e. The summed E-state index contributed by atoms with van der Waals surface area (Å²) in [5, 5.41) is 5.91. The highest BCUT2D eigenvalue weighted by molar-refractivity contribution is 5.89. The molecule has 1 aromatic rings. The largest absolute Gasteiger partial charge is 0.399 e. The molecule has 2 amide bonds. The lowest BCUT2D eigenvalue weighted by Gasteiger charge is -2.28. The van der Waals surface area contributed by atoms with Crippen molar-refractivity contribution in [3.8, 4) is 0 Å². The van der Waals surface area contributed by atoms with Crippen LogP contribution in [0.15, 0.2) is 24.3 Å². The van der Waals surface area contributed by atoms with Crippen LogP contribution in [0.3, 0.4) is 0 Å². The highest BCUT2D eigenvalue weighted by atomic mass is 16.2. The number of rotatable bonds is 4. The number of nitrogens with one attached hydrogen (secondary N) is 2. The third-order valence-electron chi connectivity index (χ3n) is 4.05. The Morgan fingerprint density at radius 2 is 1.85 bits per heavy atom. The van der Waals surface area contributed by atoms with E-state index in [1.54, 1.807) is 12.1 Å². The molecule has 4 heteroatoms. The minimum Gasteiger partial charge on any atom is -0.399 e. The van der Waals surface area contributed by atoms with E-state index in [2.05, 4.69) is 17.6 Å². The Hall–Kier alpha value is -1.71. The fourth-order valence-electron chi connectivity index (χ4n) is 2.92. The molecule has 0 aliphatic heterocycles. The summed E-state index contributed by atoms with van der Waals surface area (Å²) >= 11 is 0. The van der Waals surface area contributed by atoms with Crippen LogP contribution in [0.4, 0.5) is 16.2 Å². The molecule has 0 saturated heterocycles. The second-order valence-electron chi connectivity index (χ2n) is 5.73. The van der Waals surface area contributed by atoms with Crippen LogP contribution in [0.1, 0.15) is 45.4 Å². The van der Waals surface area contributed by atoms with Gasteiger partial charge in [-0.05, 0) is 55.9 Å². The first-order valence-corrected chi connectivity index (χ1v) is 7.60. The molecule has 4 nitrogen and oxygen atoms in total. The van der Waals surface area contributed by atoms with Gasteiger partial charge in [-0.1, -0.05) is 19.8 Å². The number of hydrogen-bond donors (Lipinski definition) is 3. The van der Waals surface area contributed by atoms with Gasteiger partial charge in [0.05, 0.1) is 0 Å². The van der Waals surface area contributed by atoms with E-state index in [1.807, 2.05) is 12.1 Å². The predicted octanol–water partition coefficient (Wildman–Crippen LogP) is 3.75. The van der Waals surface area contributed by atoms with Gasteiger partial charge >= 0.3 is 6.03 Å². The average molecular weight is 275 g/mol. The molecular weight excluding hydrogens is 250 g/mol. The van der Waals surface area contributed by atoms with Crippen molar-refractivity contribution in [3.05, 3.63) is 24.3 Å². The number of benzene rings is 1. The summed E-state index contributed by atoms with van der Waals surface area (Å²) in [6, 6.07) is 7.39. The van der Waals surface area contributed by atoms with E-state index in [-0.39, 0.29) is 6.03 Å². The second-order valence-corrected chi connectivity index (χ2v) is 5.73. The molecule has 0 spiro atoms. The lowest BCUT2D eigenvalue weighted by atomic mass is 9.83. The van der Waals surface area contributed by atoms with Gasteiger partial charge in [0.1, 0.15) is 0 Å². The summed E-state index contributed by atoms with van der Waals surface area (Å²) in [5.74, 6) is 0.859. The van der Waals surface area contributed by atoms with Crippen LogP contribution in [0.5, 0.6) is 0 Å². The topological polar surface area (TPSA) is 67.2 Å². The summed E-state index contributed by atoms with van der Waals surface area (Å²) in [6.07, 6.45) is 7.26. The van der Waals surface area contributed by atoms with Crippen molar-refractivity contribution in [2.75, 3.05) is 11.1 Å². The Kier molecular flexibility index (Phi) is 5.27. The van der Waals surface area contributed by atoms with E-state index in [1.165, 1.54) is 25.7 Å². The van der Waals surface area contributed by atoms with Crippen LogP contribution in [0, 0.1) is 5.92 Å².